The minimum atomic E-state index is -4.15. The molecule has 1 fully saturated rings. The maximum atomic E-state index is 12.5. The fourth-order valence-corrected chi connectivity index (χ4v) is 4.03. The number of thiocarbonyl (C=S) groups is 1. The number of hydrogen-bond acceptors (Lipinski definition) is 7. The van der Waals surface area contributed by atoms with Gasteiger partial charge in [-0.25, -0.2) is 13.6 Å². The Morgan fingerprint density at radius 3 is 2.39 bits per heavy atom. The summed E-state index contributed by atoms with van der Waals surface area (Å²) in [4.78, 5) is 15.1. The van der Waals surface area contributed by atoms with Crippen molar-refractivity contribution in [1.82, 2.24) is 4.90 Å². The molecular formula is C21H25N3O5S2. The number of primary sulfonamides is 1. The zero-order chi connectivity index (χ0) is 22.6. The summed E-state index contributed by atoms with van der Waals surface area (Å²) in [5.74, 6) is 0.361. The number of hydrogen-bond donors (Lipinski definition) is 1. The number of carbonyl (C=O) groups is 1. The summed E-state index contributed by atoms with van der Waals surface area (Å²) in [6, 6.07) is 11.9. The van der Waals surface area contributed by atoms with Crippen LogP contribution < -0.4 is 14.8 Å². The summed E-state index contributed by atoms with van der Waals surface area (Å²) in [5.41, 5.74) is 0.903. The van der Waals surface area contributed by atoms with Crippen LogP contribution >= 0.6 is 12.2 Å². The van der Waals surface area contributed by atoms with Crippen LogP contribution in [0.3, 0.4) is 0 Å². The Hall–Kier alpha value is -2.69. The van der Waals surface area contributed by atoms with E-state index in [9.17, 15) is 13.2 Å². The summed E-state index contributed by atoms with van der Waals surface area (Å²) in [6.07, 6.45) is 1.94. The molecule has 0 spiro atoms. The molecule has 2 N–H and O–H groups in total. The van der Waals surface area contributed by atoms with E-state index in [1.54, 1.807) is 44.4 Å². The molecule has 3 rings (SSSR count). The number of carbonyl (C=O) groups excluding carboxylic acids is 1. The van der Waals surface area contributed by atoms with Gasteiger partial charge >= 0.3 is 0 Å². The SMILES string of the molecule is CN(C)C(=O)COC(=S)c1cc(N2CCCC2)c(Oc2ccccc2)c(S(N)(=O)=O)c1. The Kier molecular flexibility index (Phi) is 7.14. The highest BCUT2D eigenvalue weighted by molar-refractivity contribution is 7.89. The molecule has 1 aliphatic rings. The number of para-hydroxylation sites is 1. The lowest BCUT2D eigenvalue weighted by Gasteiger charge is -2.24. The fourth-order valence-electron chi connectivity index (χ4n) is 3.16. The third kappa shape index (κ3) is 5.72. The predicted molar refractivity (Wildman–Crippen MR) is 122 cm³/mol. The van der Waals surface area contributed by atoms with Crippen LogP contribution in [0.1, 0.15) is 18.4 Å². The van der Waals surface area contributed by atoms with Crippen LogP contribution in [0.2, 0.25) is 0 Å². The number of amides is 1. The van der Waals surface area contributed by atoms with Crippen molar-refractivity contribution in [3.05, 3.63) is 48.0 Å². The van der Waals surface area contributed by atoms with Crippen LogP contribution in [-0.4, -0.2) is 58.1 Å². The van der Waals surface area contributed by atoms with E-state index in [1.165, 1.54) is 11.0 Å². The normalized spacial score (nSPS) is 13.7. The van der Waals surface area contributed by atoms with E-state index in [2.05, 4.69) is 0 Å². The second kappa shape index (κ2) is 9.63. The van der Waals surface area contributed by atoms with Gasteiger partial charge in [-0.2, -0.15) is 0 Å². The maximum absolute atomic E-state index is 12.5. The lowest BCUT2D eigenvalue weighted by atomic mass is 10.1. The summed E-state index contributed by atoms with van der Waals surface area (Å²) >= 11 is 5.33. The molecule has 0 aromatic heterocycles. The van der Waals surface area contributed by atoms with Crippen LogP contribution in [0.15, 0.2) is 47.4 Å². The molecule has 0 saturated carbocycles. The number of benzene rings is 2. The third-order valence-corrected chi connectivity index (χ3v) is 6.08. The molecule has 0 unspecified atom stereocenters. The van der Waals surface area contributed by atoms with Gasteiger partial charge in [-0.15, -0.1) is 0 Å². The first-order chi connectivity index (χ1) is 14.7. The van der Waals surface area contributed by atoms with Gasteiger partial charge in [-0.3, -0.25) is 4.79 Å². The summed E-state index contributed by atoms with van der Waals surface area (Å²) < 4.78 is 36.4. The highest BCUT2D eigenvalue weighted by Crippen LogP contribution is 2.40. The first kappa shape index (κ1) is 23.0. The van der Waals surface area contributed by atoms with Gasteiger partial charge in [-0.05, 0) is 49.3 Å². The molecular weight excluding hydrogens is 438 g/mol. The molecule has 0 aliphatic carbocycles. The molecule has 0 bridgehead atoms. The smallest absolute Gasteiger partial charge is 0.260 e. The van der Waals surface area contributed by atoms with Crippen molar-refractivity contribution in [2.75, 3.05) is 38.7 Å². The number of nitrogens with zero attached hydrogens (tertiary/aromatic N) is 2. The molecule has 1 amide bonds. The molecule has 166 valence electrons. The molecule has 8 nitrogen and oxygen atoms in total. The van der Waals surface area contributed by atoms with E-state index in [4.69, 9.17) is 26.8 Å². The number of anilines is 1. The molecule has 10 heteroatoms. The van der Waals surface area contributed by atoms with Gasteiger partial charge < -0.3 is 19.3 Å². The lowest BCUT2D eigenvalue weighted by molar-refractivity contribution is -0.131. The van der Waals surface area contributed by atoms with Gasteiger partial charge in [0.15, 0.2) is 17.4 Å². The molecule has 2 aromatic carbocycles. The van der Waals surface area contributed by atoms with Gasteiger partial charge in [0.2, 0.25) is 10.0 Å². The average molecular weight is 464 g/mol. The minimum absolute atomic E-state index is 0.00630. The van der Waals surface area contributed by atoms with E-state index in [-0.39, 0.29) is 28.2 Å². The predicted octanol–water partition coefficient (Wildman–Crippen LogP) is 2.51. The number of ether oxygens (including phenoxy) is 2. The number of likely N-dealkylation sites (N-methyl/N-ethyl adjacent to an activating group) is 1. The second-order valence-corrected chi connectivity index (χ2v) is 9.24. The Morgan fingerprint density at radius 1 is 1.16 bits per heavy atom. The van der Waals surface area contributed by atoms with Crippen molar-refractivity contribution in [1.29, 1.82) is 0 Å². The lowest BCUT2D eigenvalue weighted by Crippen LogP contribution is -2.27. The first-order valence-corrected chi connectivity index (χ1v) is 11.7. The topological polar surface area (TPSA) is 102 Å². The van der Waals surface area contributed by atoms with E-state index >= 15 is 0 Å². The molecule has 1 heterocycles. The zero-order valence-electron chi connectivity index (χ0n) is 17.4. The standard InChI is InChI=1S/C21H25N3O5S2/c1-23(2)19(25)14-28-21(30)15-12-17(24-10-6-7-11-24)20(18(13-15)31(22,26)27)29-16-8-4-3-5-9-16/h3-5,8-9,12-13H,6-7,10-11,14H2,1-2H3,(H2,22,26,27). The molecule has 2 aromatic rings. The van der Waals surface area contributed by atoms with Crippen molar-refractivity contribution in [3.63, 3.8) is 0 Å². The van der Waals surface area contributed by atoms with Crippen molar-refractivity contribution in [2.24, 2.45) is 5.14 Å². The summed E-state index contributed by atoms with van der Waals surface area (Å²) in [5, 5.41) is 5.54. The van der Waals surface area contributed by atoms with Gasteiger partial charge in [-0.1, -0.05) is 18.2 Å². The molecule has 31 heavy (non-hydrogen) atoms. The molecule has 0 atom stereocenters. The van der Waals surface area contributed by atoms with E-state index in [0.717, 1.165) is 25.9 Å². The maximum Gasteiger partial charge on any atom is 0.260 e. The summed E-state index contributed by atoms with van der Waals surface area (Å²) in [6.45, 7) is 1.23. The highest BCUT2D eigenvalue weighted by atomic mass is 32.2. The number of sulfonamides is 1. The Labute approximate surface area is 187 Å². The quantitative estimate of drug-likeness (QED) is 0.630. The molecule has 0 radical (unpaired) electrons. The summed E-state index contributed by atoms with van der Waals surface area (Å²) in [7, 11) is -0.936. The average Bonchev–Trinajstić information content (AvgIpc) is 3.26. The van der Waals surface area contributed by atoms with E-state index in [1.807, 2.05) is 11.0 Å². The highest BCUT2D eigenvalue weighted by Gasteiger charge is 2.27. The van der Waals surface area contributed by atoms with Crippen LogP contribution in [0, 0.1) is 0 Å². The Morgan fingerprint density at radius 2 is 1.81 bits per heavy atom. The van der Waals surface area contributed by atoms with Crippen molar-refractivity contribution >= 4 is 38.9 Å². The van der Waals surface area contributed by atoms with Gasteiger partial charge in [0.1, 0.15) is 10.6 Å². The Balaban J connectivity index is 2.07. The van der Waals surface area contributed by atoms with Crippen LogP contribution in [0.4, 0.5) is 5.69 Å². The third-order valence-electron chi connectivity index (χ3n) is 4.81. The Bertz CT molecular complexity index is 1070. The fraction of sp³-hybridized carbons (Fsp3) is 0.333. The second-order valence-electron chi connectivity index (χ2n) is 7.34. The van der Waals surface area contributed by atoms with Crippen LogP contribution in [0.5, 0.6) is 11.5 Å². The van der Waals surface area contributed by atoms with E-state index < -0.39 is 10.0 Å². The number of nitrogens with two attached hydrogens (primary N) is 1. The molecule has 1 saturated heterocycles. The minimum Gasteiger partial charge on any atom is -0.473 e. The van der Waals surface area contributed by atoms with Gasteiger partial charge in [0, 0.05) is 32.7 Å². The number of rotatable bonds is 7. The van der Waals surface area contributed by atoms with Crippen molar-refractivity contribution < 1.29 is 22.7 Å². The first-order valence-electron chi connectivity index (χ1n) is 9.73. The van der Waals surface area contributed by atoms with Crippen LogP contribution in [0.25, 0.3) is 0 Å². The largest absolute Gasteiger partial charge is 0.473 e. The monoisotopic (exact) mass is 463 g/mol. The van der Waals surface area contributed by atoms with Crippen molar-refractivity contribution in [3.8, 4) is 11.5 Å². The molecule has 1 aliphatic heterocycles. The van der Waals surface area contributed by atoms with Crippen LogP contribution in [-0.2, 0) is 19.6 Å². The van der Waals surface area contributed by atoms with E-state index in [0.29, 0.717) is 17.0 Å². The van der Waals surface area contributed by atoms with Gasteiger partial charge in [0.25, 0.3) is 5.91 Å². The van der Waals surface area contributed by atoms with Crippen molar-refractivity contribution in [2.45, 2.75) is 17.7 Å². The zero-order valence-corrected chi connectivity index (χ0v) is 19.0. The van der Waals surface area contributed by atoms with Gasteiger partial charge in [0.05, 0.1) is 5.69 Å².